The summed E-state index contributed by atoms with van der Waals surface area (Å²) < 4.78 is 0. The topological polar surface area (TPSA) is 3.24 Å². The van der Waals surface area contributed by atoms with Crippen LogP contribution in [0.3, 0.4) is 0 Å². The van der Waals surface area contributed by atoms with Crippen LogP contribution in [-0.2, 0) is 0 Å². The number of hydrogen-bond donors (Lipinski definition) is 1. The Morgan fingerprint density at radius 1 is 1.29 bits per heavy atom. The third-order valence-corrected chi connectivity index (χ3v) is 3.05. The van der Waals surface area contributed by atoms with Gasteiger partial charge in [-0.1, -0.05) is 23.2 Å². The van der Waals surface area contributed by atoms with Crippen molar-refractivity contribution in [1.82, 2.24) is 0 Å². The average molecular weight is 250 g/mol. The van der Waals surface area contributed by atoms with Crippen LogP contribution in [-0.4, -0.2) is 19.3 Å². The molecule has 0 aliphatic carbocycles. The predicted molar refractivity (Wildman–Crippen MR) is 68.2 cm³/mol. The zero-order chi connectivity index (χ0) is 10.6. The van der Waals surface area contributed by atoms with Crippen LogP contribution in [0.15, 0.2) is 18.2 Å². The van der Waals surface area contributed by atoms with Gasteiger partial charge < -0.3 is 4.90 Å². The van der Waals surface area contributed by atoms with Crippen molar-refractivity contribution in [2.45, 2.75) is 6.42 Å². The lowest BCUT2D eigenvalue weighted by atomic mass is 10.3. The Morgan fingerprint density at radius 3 is 2.57 bits per heavy atom. The van der Waals surface area contributed by atoms with Gasteiger partial charge in [-0.25, -0.2) is 0 Å². The fourth-order valence-corrected chi connectivity index (χ4v) is 1.59. The van der Waals surface area contributed by atoms with Crippen LogP contribution in [0.25, 0.3) is 0 Å². The van der Waals surface area contributed by atoms with E-state index in [1.807, 2.05) is 25.2 Å². The van der Waals surface area contributed by atoms with Crippen molar-refractivity contribution in [3.63, 3.8) is 0 Å². The maximum Gasteiger partial charge on any atom is 0.0612 e. The van der Waals surface area contributed by atoms with E-state index in [9.17, 15) is 0 Å². The van der Waals surface area contributed by atoms with Crippen LogP contribution >= 0.6 is 35.8 Å². The fourth-order valence-electron chi connectivity index (χ4n) is 1.16. The van der Waals surface area contributed by atoms with Crippen LogP contribution in [0.4, 0.5) is 5.69 Å². The first kappa shape index (κ1) is 12.0. The van der Waals surface area contributed by atoms with Gasteiger partial charge in [0.05, 0.1) is 10.0 Å². The van der Waals surface area contributed by atoms with Gasteiger partial charge in [-0.3, -0.25) is 0 Å². The van der Waals surface area contributed by atoms with Gasteiger partial charge in [0.25, 0.3) is 0 Å². The summed E-state index contributed by atoms with van der Waals surface area (Å²) in [5.74, 6) is 0.895. The lowest BCUT2D eigenvalue weighted by Crippen LogP contribution is -2.18. The molecular formula is C10H13Cl2NS. The summed E-state index contributed by atoms with van der Waals surface area (Å²) in [6, 6.07) is 5.66. The molecule has 0 heterocycles. The Labute approximate surface area is 100 Å². The Kier molecular flexibility index (Phi) is 4.93. The Balaban J connectivity index is 2.70. The highest BCUT2D eigenvalue weighted by molar-refractivity contribution is 7.80. The maximum absolute atomic E-state index is 5.92. The summed E-state index contributed by atoms with van der Waals surface area (Å²) in [7, 11) is 2.03. The van der Waals surface area contributed by atoms with Crippen LogP contribution in [0.2, 0.25) is 10.0 Å². The highest BCUT2D eigenvalue weighted by Crippen LogP contribution is 2.26. The van der Waals surface area contributed by atoms with Crippen molar-refractivity contribution >= 4 is 41.5 Å². The zero-order valence-electron chi connectivity index (χ0n) is 8.00. The van der Waals surface area contributed by atoms with Crippen LogP contribution in [0.5, 0.6) is 0 Å². The van der Waals surface area contributed by atoms with Crippen molar-refractivity contribution in [3.05, 3.63) is 28.2 Å². The smallest absolute Gasteiger partial charge is 0.0612 e. The van der Waals surface area contributed by atoms with E-state index in [1.54, 1.807) is 0 Å². The lowest BCUT2D eigenvalue weighted by Gasteiger charge is -2.19. The molecule has 0 unspecified atom stereocenters. The summed E-state index contributed by atoms with van der Waals surface area (Å²) in [4.78, 5) is 2.14. The molecule has 0 aliphatic rings. The molecule has 0 amide bonds. The van der Waals surface area contributed by atoms with E-state index in [1.165, 1.54) is 0 Å². The lowest BCUT2D eigenvalue weighted by molar-refractivity contribution is 0.861. The number of benzene rings is 1. The molecule has 0 atom stereocenters. The standard InChI is InChI=1S/C10H13Cl2NS/c1-13(5-2-6-14)8-3-4-9(11)10(12)7-8/h3-4,7,14H,2,5-6H2,1H3. The molecule has 1 aromatic carbocycles. The molecule has 4 heteroatoms. The van der Waals surface area contributed by atoms with Gasteiger partial charge in [-0.2, -0.15) is 12.6 Å². The summed E-state index contributed by atoms with van der Waals surface area (Å²) in [5, 5.41) is 1.19. The molecule has 0 aromatic heterocycles. The Bertz CT molecular complexity index is 304. The second-order valence-corrected chi connectivity index (χ2v) is 4.36. The Hall–Kier alpha value is -0.0500. The number of halogens is 2. The minimum atomic E-state index is 0.595. The second-order valence-electron chi connectivity index (χ2n) is 3.10. The molecule has 1 aromatic rings. The van der Waals surface area contributed by atoms with Gasteiger partial charge >= 0.3 is 0 Å². The number of anilines is 1. The number of nitrogens with zero attached hydrogens (tertiary/aromatic N) is 1. The van der Waals surface area contributed by atoms with Crippen molar-refractivity contribution < 1.29 is 0 Å². The van der Waals surface area contributed by atoms with Crippen LogP contribution in [0.1, 0.15) is 6.42 Å². The maximum atomic E-state index is 5.92. The number of hydrogen-bond acceptors (Lipinski definition) is 2. The SMILES string of the molecule is CN(CCCS)c1ccc(Cl)c(Cl)c1. The summed E-state index contributed by atoms with van der Waals surface area (Å²) in [6.07, 6.45) is 1.06. The van der Waals surface area contributed by atoms with E-state index in [0.717, 1.165) is 24.4 Å². The Morgan fingerprint density at radius 2 is 2.00 bits per heavy atom. The molecule has 0 fully saturated rings. The summed E-state index contributed by atoms with van der Waals surface area (Å²) >= 11 is 15.9. The molecule has 0 saturated carbocycles. The molecule has 0 radical (unpaired) electrons. The van der Waals surface area contributed by atoms with Crippen molar-refractivity contribution in [2.24, 2.45) is 0 Å². The first-order valence-electron chi connectivity index (χ1n) is 4.42. The molecule has 0 saturated heterocycles. The molecule has 1 nitrogen and oxygen atoms in total. The number of rotatable bonds is 4. The van der Waals surface area contributed by atoms with Crippen molar-refractivity contribution in [1.29, 1.82) is 0 Å². The molecular weight excluding hydrogens is 237 g/mol. The van der Waals surface area contributed by atoms with Gasteiger partial charge in [0.1, 0.15) is 0 Å². The van der Waals surface area contributed by atoms with Gasteiger partial charge in [-0.05, 0) is 30.4 Å². The third-order valence-electron chi connectivity index (χ3n) is 2.00. The van der Waals surface area contributed by atoms with E-state index in [0.29, 0.717) is 10.0 Å². The molecule has 0 N–H and O–H groups in total. The van der Waals surface area contributed by atoms with Crippen molar-refractivity contribution in [3.8, 4) is 0 Å². The van der Waals surface area contributed by atoms with Gasteiger partial charge in [0.2, 0.25) is 0 Å². The normalized spacial score (nSPS) is 10.3. The zero-order valence-corrected chi connectivity index (χ0v) is 10.4. The van der Waals surface area contributed by atoms with Gasteiger partial charge in [0, 0.05) is 19.3 Å². The minimum absolute atomic E-state index is 0.595. The third kappa shape index (κ3) is 3.26. The minimum Gasteiger partial charge on any atom is -0.375 e. The fraction of sp³-hybridized carbons (Fsp3) is 0.400. The van der Waals surface area contributed by atoms with E-state index < -0.39 is 0 Å². The van der Waals surface area contributed by atoms with Gasteiger partial charge in [-0.15, -0.1) is 0 Å². The van der Waals surface area contributed by atoms with E-state index in [-0.39, 0.29) is 0 Å². The first-order valence-corrected chi connectivity index (χ1v) is 5.81. The van der Waals surface area contributed by atoms with E-state index in [2.05, 4.69) is 17.5 Å². The molecule has 0 aliphatic heterocycles. The molecule has 14 heavy (non-hydrogen) atoms. The largest absolute Gasteiger partial charge is 0.375 e. The van der Waals surface area contributed by atoms with Crippen LogP contribution < -0.4 is 4.90 Å². The predicted octanol–water partition coefficient (Wildman–Crippen LogP) is 3.75. The van der Waals surface area contributed by atoms with E-state index in [4.69, 9.17) is 23.2 Å². The number of thiol groups is 1. The molecule has 0 spiro atoms. The highest BCUT2D eigenvalue weighted by atomic mass is 35.5. The highest BCUT2D eigenvalue weighted by Gasteiger charge is 2.03. The van der Waals surface area contributed by atoms with E-state index >= 15 is 0 Å². The quantitative estimate of drug-likeness (QED) is 0.796. The average Bonchev–Trinajstić information content (AvgIpc) is 2.18. The first-order chi connectivity index (χ1) is 6.65. The monoisotopic (exact) mass is 249 g/mol. The van der Waals surface area contributed by atoms with Gasteiger partial charge in [0.15, 0.2) is 0 Å². The molecule has 1 rings (SSSR count). The molecule has 0 bridgehead atoms. The van der Waals surface area contributed by atoms with Crippen molar-refractivity contribution in [2.75, 3.05) is 24.2 Å². The summed E-state index contributed by atoms with van der Waals surface area (Å²) in [6.45, 7) is 0.974. The second kappa shape index (κ2) is 5.74. The summed E-state index contributed by atoms with van der Waals surface area (Å²) in [5.41, 5.74) is 1.08. The van der Waals surface area contributed by atoms with Crippen LogP contribution in [0, 0.1) is 0 Å². The molecule has 78 valence electrons.